The number of rotatable bonds is 3. The van der Waals surface area contributed by atoms with E-state index in [1.54, 1.807) is 4.90 Å². The van der Waals surface area contributed by atoms with Crippen LogP contribution in [0.1, 0.15) is 33.1 Å². The smallest absolute Gasteiger partial charge is 0.240 e. The summed E-state index contributed by atoms with van der Waals surface area (Å²) < 4.78 is 23.1. The molecule has 6 heteroatoms. The first-order chi connectivity index (χ1) is 8.94. The lowest BCUT2D eigenvalue weighted by atomic mass is 9.91. The zero-order valence-corrected chi connectivity index (χ0v) is 12.6. The molecule has 0 aromatic heterocycles. The van der Waals surface area contributed by atoms with Gasteiger partial charge in [0.2, 0.25) is 5.91 Å². The zero-order chi connectivity index (χ0) is 14.0. The Morgan fingerprint density at radius 2 is 2.11 bits per heavy atom. The molecule has 1 N–H and O–H groups in total. The standard InChI is InChI=1S/C13H24N2O3S/c1-3-15(11-6-8-19(17,18)9-11)13(16)12-10(2)5-4-7-14-12/h10-12,14H,3-9H2,1-2H3. The fourth-order valence-corrected chi connectivity index (χ4v) is 4.90. The third-order valence-corrected chi connectivity index (χ3v) is 6.06. The van der Waals surface area contributed by atoms with Crippen LogP contribution in [0.15, 0.2) is 0 Å². The van der Waals surface area contributed by atoms with Crippen molar-refractivity contribution in [3.8, 4) is 0 Å². The van der Waals surface area contributed by atoms with Crippen molar-refractivity contribution < 1.29 is 13.2 Å². The normalized spacial score (nSPS) is 34.1. The molecule has 3 unspecified atom stereocenters. The van der Waals surface area contributed by atoms with Crippen LogP contribution >= 0.6 is 0 Å². The highest BCUT2D eigenvalue weighted by molar-refractivity contribution is 7.91. The quantitative estimate of drug-likeness (QED) is 0.817. The Morgan fingerprint density at radius 3 is 2.63 bits per heavy atom. The minimum atomic E-state index is -2.94. The molecule has 2 aliphatic rings. The number of piperidine rings is 1. The van der Waals surface area contributed by atoms with Gasteiger partial charge in [0.1, 0.15) is 0 Å². The Labute approximate surface area is 115 Å². The predicted molar refractivity (Wildman–Crippen MR) is 74.6 cm³/mol. The minimum Gasteiger partial charge on any atom is -0.338 e. The van der Waals surface area contributed by atoms with Crippen molar-refractivity contribution in [3.05, 3.63) is 0 Å². The molecular weight excluding hydrogens is 264 g/mol. The van der Waals surface area contributed by atoms with Crippen LogP contribution in [0.3, 0.4) is 0 Å². The lowest BCUT2D eigenvalue weighted by Gasteiger charge is -2.35. The Balaban J connectivity index is 2.07. The van der Waals surface area contributed by atoms with Crippen molar-refractivity contribution in [2.24, 2.45) is 5.92 Å². The van der Waals surface area contributed by atoms with Gasteiger partial charge in [-0.25, -0.2) is 8.42 Å². The van der Waals surface area contributed by atoms with Crippen molar-refractivity contribution in [2.45, 2.75) is 45.2 Å². The number of hydrogen-bond acceptors (Lipinski definition) is 4. The van der Waals surface area contributed by atoms with E-state index in [4.69, 9.17) is 0 Å². The third kappa shape index (κ3) is 3.28. The van der Waals surface area contributed by atoms with Gasteiger partial charge in [-0.05, 0) is 38.6 Å². The Kier molecular flexibility index (Phi) is 4.50. The van der Waals surface area contributed by atoms with Crippen LogP contribution in [0.2, 0.25) is 0 Å². The summed E-state index contributed by atoms with van der Waals surface area (Å²) in [5, 5.41) is 3.29. The lowest BCUT2D eigenvalue weighted by Crippen LogP contribution is -2.55. The molecule has 1 amide bonds. The monoisotopic (exact) mass is 288 g/mol. The SMILES string of the molecule is CCN(C(=O)C1NCCCC1C)C1CCS(=O)(=O)C1. The molecule has 2 fully saturated rings. The molecule has 5 nitrogen and oxygen atoms in total. The molecule has 2 heterocycles. The first-order valence-electron chi connectivity index (χ1n) is 7.19. The Bertz CT molecular complexity index is 435. The molecule has 0 aromatic carbocycles. The second-order valence-corrected chi connectivity index (χ2v) is 7.96. The molecule has 0 aliphatic carbocycles. The van der Waals surface area contributed by atoms with E-state index in [2.05, 4.69) is 12.2 Å². The maximum Gasteiger partial charge on any atom is 0.240 e. The lowest BCUT2D eigenvalue weighted by molar-refractivity contribution is -0.137. The second-order valence-electron chi connectivity index (χ2n) is 5.73. The fraction of sp³-hybridized carbons (Fsp3) is 0.923. The highest BCUT2D eigenvalue weighted by Gasteiger charge is 2.38. The van der Waals surface area contributed by atoms with Gasteiger partial charge in [0.15, 0.2) is 9.84 Å². The zero-order valence-electron chi connectivity index (χ0n) is 11.8. The average molecular weight is 288 g/mol. The van der Waals surface area contributed by atoms with E-state index in [9.17, 15) is 13.2 Å². The molecule has 19 heavy (non-hydrogen) atoms. The molecular formula is C13H24N2O3S. The average Bonchev–Trinajstić information content (AvgIpc) is 2.71. The maximum atomic E-state index is 12.6. The second kappa shape index (κ2) is 5.79. The number of carbonyl (C=O) groups is 1. The van der Waals surface area contributed by atoms with Crippen molar-refractivity contribution in [2.75, 3.05) is 24.6 Å². The molecule has 2 rings (SSSR count). The van der Waals surface area contributed by atoms with E-state index < -0.39 is 9.84 Å². The van der Waals surface area contributed by atoms with Gasteiger partial charge in [-0.1, -0.05) is 6.92 Å². The van der Waals surface area contributed by atoms with Crippen molar-refractivity contribution in [1.82, 2.24) is 10.2 Å². The molecule has 0 bridgehead atoms. The van der Waals surface area contributed by atoms with Gasteiger partial charge in [-0.2, -0.15) is 0 Å². The van der Waals surface area contributed by atoms with E-state index in [1.807, 2.05) is 6.92 Å². The van der Waals surface area contributed by atoms with E-state index in [-0.39, 0.29) is 29.5 Å². The molecule has 0 spiro atoms. The van der Waals surface area contributed by atoms with Gasteiger partial charge >= 0.3 is 0 Å². The number of hydrogen-bond donors (Lipinski definition) is 1. The summed E-state index contributed by atoms with van der Waals surface area (Å²) in [5.74, 6) is 0.757. The van der Waals surface area contributed by atoms with Gasteiger partial charge in [0, 0.05) is 12.6 Å². The van der Waals surface area contributed by atoms with Crippen molar-refractivity contribution in [1.29, 1.82) is 0 Å². The molecule has 0 aromatic rings. The third-order valence-electron chi connectivity index (χ3n) is 4.31. The van der Waals surface area contributed by atoms with Crippen molar-refractivity contribution in [3.63, 3.8) is 0 Å². The van der Waals surface area contributed by atoms with Crippen LogP contribution in [0.4, 0.5) is 0 Å². The van der Waals surface area contributed by atoms with Gasteiger partial charge < -0.3 is 10.2 Å². The first-order valence-corrected chi connectivity index (χ1v) is 9.01. The molecule has 2 aliphatic heterocycles. The van der Waals surface area contributed by atoms with Crippen LogP contribution in [0.25, 0.3) is 0 Å². The summed E-state index contributed by atoms with van der Waals surface area (Å²) >= 11 is 0. The van der Waals surface area contributed by atoms with Crippen LogP contribution in [0.5, 0.6) is 0 Å². The fourth-order valence-electron chi connectivity index (χ4n) is 3.17. The number of carbonyl (C=O) groups excluding carboxylic acids is 1. The number of nitrogens with zero attached hydrogens (tertiary/aromatic N) is 1. The van der Waals surface area contributed by atoms with E-state index in [1.165, 1.54) is 0 Å². The predicted octanol–water partition coefficient (Wildman–Crippen LogP) is 0.410. The van der Waals surface area contributed by atoms with E-state index in [0.717, 1.165) is 19.4 Å². The minimum absolute atomic E-state index is 0.0804. The van der Waals surface area contributed by atoms with Crippen LogP contribution in [0, 0.1) is 5.92 Å². The molecule has 0 radical (unpaired) electrons. The largest absolute Gasteiger partial charge is 0.338 e. The number of sulfone groups is 1. The number of nitrogens with one attached hydrogen (secondary N) is 1. The van der Waals surface area contributed by atoms with Gasteiger partial charge in [0.25, 0.3) is 0 Å². The van der Waals surface area contributed by atoms with Gasteiger partial charge in [-0.3, -0.25) is 4.79 Å². The maximum absolute atomic E-state index is 12.6. The highest BCUT2D eigenvalue weighted by atomic mass is 32.2. The number of amides is 1. The first kappa shape index (κ1) is 14.8. The summed E-state index contributed by atoms with van der Waals surface area (Å²) in [6, 6.07) is -0.268. The Morgan fingerprint density at radius 1 is 1.37 bits per heavy atom. The number of likely N-dealkylation sites (N-methyl/N-ethyl adjacent to an activating group) is 1. The topological polar surface area (TPSA) is 66.5 Å². The van der Waals surface area contributed by atoms with Gasteiger partial charge in [-0.15, -0.1) is 0 Å². The summed E-state index contributed by atoms with van der Waals surface area (Å²) in [6.07, 6.45) is 2.75. The highest BCUT2D eigenvalue weighted by Crippen LogP contribution is 2.22. The Hall–Kier alpha value is -0.620. The van der Waals surface area contributed by atoms with Crippen LogP contribution < -0.4 is 5.32 Å². The molecule has 0 saturated carbocycles. The van der Waals surface area contributed by atoms with E-state index in [0.29, 0.717) is 18.9 Å². The summed E-state index contributed by atoms with van der Waals surface area (Å²) in [7, 11) is -2.94. The molecule has 110 valence electrons. The summed E-state index contributed by atoms with van der Waals surface area (Å²) in [4.78, 5) is 14.4. The van der Waals surface area contributed by atoms with Crippen LogP contribution in [-0.4, -0.2) is 55.9 Å². The van der Waals surface area contributed by atoms with Gasteiger partial charge in [0.05, 0.1) is 17.5 Å². The summed E-state index contributed by atoms with van der Waals surface area (Å²) in [5.41, 5.74) is 0. The van der Waals surface area contributed by atoms with Crippen molar-refractivity contribution >= 4 is 15.7 Å². The van der Waals surface area contributed by atoms with Crippen LogP contribution in [-0.2, 0) is 14.6 Å². The molecule has 3 atom stereocenters. The van der Waals surface area contributed by atoms with E-state index >= 15 is 0 Å². The summed E-state index contributed by atoms with van der Waals surface area (Å²) in [6.45, 7) is 5.48. The molecule has 2 saturated heterocycles.